The van der Waals surface area contributed by atoms with Gasteiger partial charge in [-0.2, -0.15) is 13.2 Å². The number of hydrogen-bond donors (Lipinski definition) is 1. The predicted molar refractivity (Wildman–Crippen MR) is 87.0 cm³/mol. The number of aliphatic hydroxyl groups excluding tert-OH is 1. The molecule has 0 fully saturated rings. The molecule has 6 heteroatoms. The molecule has 0 aromatic heterocycles. The van der Waals surface area contributed by atoms with E-state index < -0.39 is 17.8 Å². The minimum absolute atomic E-state index is 0.261. The van der Waals surface area contributed by atoms with E-state index in [9.17, 15) is 18.3 Å². The van der Waals surface area contributed by atoms with E-state index in [0.717, 1.165) is 25.7 Å². The predicted octanol–water partition coefficient (Wildman–Crippen LogP) is 5.35. The molecule has 0 bridgehead atoms. The average molecular weight is 471 g/mol. The lowest BCUT2D eigenvalue weighted by atomic mass is 10.0. The molecule has 0 radical (unpaired) electrons. The van der Waals surface area contributed by atoms with E-state index in [1.54, 1.807) is 0 Å². The highest BCUT2D eigenvalue weighted by Crippen LogP contribution is 2.31. The van der Waals surface area contributed by atoms with Crippen LogP contribution in [0.2, 0.25) is 0 Å². The Morgan fingerprint density at radius 2 is 1.71 bits per heavy atom. The Kier molecular flexibility index (Phi) is 5.32. The molecular formula is C15H11BrF3IO. The third-order valence-electron chi connectivity index (χ3n) is 3.03. The van der Waals surface area contributed by atoms with Crippen molar-refractivity contribution in [2.75, 3.05) is 0 Å². The summed E-state index contributed by atoms with van der Waals surface area (Å²) in [6.45, 7) is 0. The molecule has 0 aliphatic carbocycles. The maximum Gasteiger partial charge on any atom is 0.416 e. The first-order valence-corrected chi connectivity index (χ1v) is 7.93. The fourth-order valence-electron chi connectivity index (χ4n) is 1.93. The second-order valence-corrected chi connectivity index (χ2v) is 6.68. The van der Waals surface area contributed by atoms with Crippen molar-refractivity contribution in [2.24, 2.45) is 0 Å². The summed E-state index contributed by atoms with van der Waals surface area (Å²) in [7, 11) is 0. The van der Waals surface area contributed by atoms with E-state index in [-0.39, 0.29) is 6.42 Å². The van der Waals surface area contributed by atoms with Gasteiger partial charge in [0.25, 0.3) is 0 Å². The van der Waals surface area contributed by atoms with Crippen molar-refractivity contribution in [1.29, 1.82) is 0 Å². The van der Waals surface area contributed by atoms with Crippen LogP contribution in [0.3, 0.4) is 0 Å². The van der Waals surface area contributed by atoms with Gasteiger partial charge in [0.1, 0.15) is 0 Å². The molecule has 0 amide bonds. The van der Waals surface area contributed by atoms with Crippen LogP contribution in [0.4, 0.5) is 13.2 Å². The number of rotatable bonds is 3. The van der Waals surface area contributed by atoms with Gasteiger partial charge in [0.15, 0.2) is 0 Å². The zero-order chi connectivity index (χ0) is 15.6. The SMILES string of the molecule is OC(Cc1ccc(C(F)(F)F)cc1)c1cc(I)ccc1Br. The Morgan fingerprint density at radius 1 is 1.10 bits per heavy atom. The number of benzene rings is 2. The molecule has 0 aliphatic rings. The number of alkyl halides is 3. The summed E-state index contributed by atoms with van der Waals surface area (Å²) in [5.41, 5.74) is 0.694. The smallest absolute Gasteiger partial charge is 0.388 e. The summed E-state index contributed by atoms with van der Waals surface area (Å²) in [5.74, 6) is 0. The zero-order valence-corrected chi connectivity index (χ0v) is 14.4. The van der Waals surface area contributed by atoms with Gasteiger partial charge in [0, 0.05) is 14.5 Å². The first kappa shape index (κ1) is 16.8. The lowest BCUT2D eigenvalue weighted by Crippen LogP contribution is -2.06. The Labute approximate surface area is 142 Å². The average Bonchev–Trinajstić information content (AvgIpc) is 2.41. The standard InChI is InChI=1S/C15H11BrF3IO/c16-13-6-5-11(20)8-12(13)14(21)7-9-1-3-10(4-2-9)15(17,18)19/h1-6,8,14,21H,7H2. The van der Waals surface area contributed by atoms with Crippen molar-refractivity contribution < 1.29 is 18.3 Å². The Bertz CT molecular complexity index is 626. The normalized spacial score (nSPS) is 13.2. The van der Waals surface area contributed by atoms with Gasteiger partial charge in [-0.1, -0.05) is 28.1 Å². The molecule has 21 heavy (non-hydrogen) atoms. The van der Waals surface area contributed by atoms with Crippen molar-refractivity contribution in [3.63, 3.8) is 0 Å². The van der Waals surface area contributed by atoms with Crippen LogP contribution in [0.1, 0.15) is 22.8 Å². The minimum Gasteiger partial charge on any atom is -0.388 e. The fourth-order valence-corrected chi connectivity index (χ4v) is 2.96. The number of halogens is 5. The number of hydrogen-bond acceptors (Lipinski definition) is 1. The molecule has 0 saturated heterocycles. The largest absolute Gasteiger partial charge is 0.416 e. The Morgan fingerprint density at radius 3 is 2.29 bits per heavy atom. The highest BCUT2D eigenvalue weighted by Gasteiger charge is 2.30. The van der Waals surface area contributed by atoms with E-state index >= 15 is 0 Å². The van der Waals surface area contributed by atoms with Crippen LogP contribution in [0.25, 0.3) is 0 Å². The van der Waals surface area contributed by atoms with Gasteiger partial charge in [0.2, 0.25) is 0 Å². The Hall–Kier alpha value is -0.600. The summed E-state index contributed by atoms with van der Waals surface area (Å²) in [6, 6.07) is 10.4. The van der Waals surface area contributed by atoms with Gasteiger partial charge < -0.3 is 5.11 Å². The molecule has 0 saturated carbocycles. The Balaban J connectivity index is 2.16. The van der Waals surface area contributed by atoms with Crippen molar-refractivity contribution >= 4 is 38.5 Å². The highest BCUT2D eigenvalue weighted by molar-refractivity contribution is 14.1. The van der Waals surface area contributed by atoms with Crippen molar-refractivity contribution in [3.8, 4) is 0 Å². The summed E-state index contributed by atoms with van der Waals surface area (Å²) >= 11 is 5.51. The van der Waals surface area contributed by atoms with Crippen molar-refractivity contribution in [2.45, 2.75) is 18.7 Å². The second kappa shape index (κ2) is 6.66. The quantitative estimate of drug-likeness (QED) is 0.599. The molecule has 112 valence electrons. The molecule has 1 nitrogen and oxygen atoms in total. The molecule has 1 N–H and O–H groups in total. The van der Waals surface area contributed by atoms with Crippen molar-refractivity contribution in [1.82, 2.24) is 0 Å². The fraction of sp³-hybridized carbons (Fsp3) is 0.200. The van der Waals surface area contributed by atoms with E-state index in [0.29, 0.717) is 5.56 Å². The molecule has 2 aromatic carbocycles. The maximum atomic E-state index is 12.5. The lowest BCUT2D eigenvalue weighted by Gasteiger charge is -2.14. The van der Waals surface area contributed by atoms with E-state index in [1.165, 1.54) is 12.1 Å². The molecule has 2 rings (SSSR count). The van der Waals surface area contributed by atoms with Crippen LogP contribution >= 0.6 is 38.5 Å². The maximum absolute atomic E-state index is 12.5. The van der Waals surface area contributed by atoms with Crippen LogP contribution in [0, 0.1) is 3.57 Å². The third kappa shape index (κ3) is 4.43. The first-order valence-electron chi connectivity index (χ1n) is 6.06. The summed E-state index contributed by atoms with van der Waals surface area (Å²) in [4.78, 5) is 0. The van der Waals surface area contributed by atoms with Gasteiger partial charge in [-0.25, -0.2) is 0 Å². The van der Waals surface area contributed by atoms with Crippen LogP contribution in [0.15, 0.2) is 46.9 Å². The molecule has 2 aromatic rings. The van der Waals surface area contributed by atoms with Gasteiger partial charge in [-0.15, -0.1) is 0 Å². The third-order valence-corrected chi connectivity index (χ3v) is 4.42. The van der Waals surface area contributed by atoms with Gasteiger partial charge in [-0.3, -0.25) is 0 Å². The molecule has 1 atom stereocenters. The minimum atomic E-state index is -4.34. The number of aliphatic hydroxyl groups is 1. The van der Waals surface area contributed by atoms with E-state index in [4.69, 9.17) is 0 Å². The summed E-state index contributed by atoms with van der Waals surface area (Å²) < 4.78 is 39.2. The molecule has 1 unspecified atom stereocenters. The van der Waals surface area contributed by atoms with Crippen LogP contribution in [-0.4, -0.2) is 5.11 Å². The van der Waals surface area contributed by atoms with E-state index in [1.807, 2.05) is 18.2 Å². The topological polar surface area (TPSA) is 20.2 Å². The van der Waals surface area contributed by atoms with Crippen molar-refractivity contribution in [3.05, 3.63) is 67.2 Å². The van der Waals surface area contributed by atoms with Gasteiger partial charge in [-0.05, 0) is 64.0 Å². The van der Waals surface area contributed by atoms with Crippen LogP contribution in [-0.2, 0) is 12.6 Å². The molecule has 0 aliphatic heterocycles. The molecule has 0 heterocycles. The first-order chi connectivity index (χ1) is 9.77. The second-order valence-electron chi connectivity index (χ2n) is 4.58. The van der Waals surface area contributed by atoms with Gasteiger partial charge in [0.05, 0.1) is 11.7 Å². The zero-order valence-electron chi connectivity index (χ0n) is 10.7. The molecule has 0 spiro atoms. The van der Waals surface area contributed by atoms with Crippen LogP contribution < -0.4 is 0 Å². The summed E-state index contributed by atoms with van der Waals surface area (Å²) in [5, 5.41) is 10.3. The molecular weight excluding hydrogens is 460 g/mol. The lowest BCUT2D eigenvalue weighted by molar-refractivity contribution is -0.137. The van der Waals surface area contributed by atoms with E-state index in [2.05, 4.69) is 38.5 Å². The van der Waals surface area contributed by atoms with Crippen LogP contribution in [0.5, 0.6) is 0 Å². The highest BCUT2D eigenvalue weighted by atomic mass is 127. The van der Waals surface area contributed by atoms with Gasteiger partial charge >= 0.3 is 6.18 Å². The monoisotopic (exact) mass is 470 g/mol. The summed E-state index contributed by atoms with van der Waals surface area (Å²) in [6.07, 6.45) is -4.85.